The zero-order valence-corrected chi connectivity index (χ0v) is 10.6. The molecule has 0 unspecified atom stereocenters. The number of hydrogen-bond donors (Lipinski definition) is 1. The first kappa shape index (κ1) is 12.1. The second kappa shape index (κ2) is 3.87. The van der Waals surface area contributed by atoms with Crippen LogP contribution in [0, 0.1) is 12.8 Å². The molecule has 1 aromatic heterocycles. The minimum absolute atomic E-state index is 0.163. The van der Waals surface area contributed by atoms with Gasteiger partial charge in [-0.05, 0) is 40.0 Å². The van der Waals surface area contributed by atoms with Crippen molar-refractivity contribution in [2.75, 3.05) is 0 Å². The Morgan fingerprint density at radius 3 is 2.20 bits per heavy atom. The lowest BCUT2D eigenvalue weighted by atomic mass is 10.1. The standard InChI is InChI=1S/C12H22N2O/c1-8(2)7-10-9(3)11(15)14(13-10)12(4,5)6/h8,15H,7H2,1-6H3. The molecule has 0 bridgehead atoms. The van der Waals surface area contributed by atoms with E-state index in [9.17, 15) is 5.11 Å². The van der Waals surface area contributed by atoms with Gasteiger partial charge >= 0.3 is 0 Å². The molecular formula is C12H22N2O. The fraction of sp³-hybridized carbons (Fsp3) is 0.750. The lowest BCUT2D eigenvalue weighted by Crippen LogP contribution is -2.22. The van der Waals surface area contributed by atoms with E-state index in [1.165, 1.54) is 0 Å². The van der Waals surface area contributed by atoms with E-state index < -0.39 is 0 Å². The summed E-state index contributed by atoms with van der Waals surface area (Å²) in [5.41, 5.74) is 1.76. The van der Waals surface area contributed by atoms with Crippen molar-refractivity contribution in [3.05, 3.63) is 11.3 Å². The lowest BCUT2D eigenvalue weighted by Gasteiger charge is -2.19. The van der Waals surface area contributed by atoms with Crippen LogP contribution in [0.4, 0.5) is 0 Å². The predicted molar refractivity (Wildman–Crippen MR) is 62.2 cm³/mol. The third kappa shape index (κ3) is 2.52. The molecule has 15 heavy (non-hydrogen) atoms. The minimum atomic E-state index is -0.163. The van der Waals surface area contributed by atoms with E-state index in [1.807, 2.05) is 27.7 Å². The highest BCUT2D eigenvalue weighted by atomic mass is 16.3. The van der Waals surface area contributed by atoms with E-state index in [1.54, 1.807) is 4.68 Å². The van der Waals surface area contributed by atoms with E-state index in [2.05, 4.69) is 18.9 Å². The molecular weight excluding hydrogens is 188 g/mol. The second-order valence-electron chi connectivity index (χ2n) is 5.58. The summed E-state index contributed by atoms with van der Waals surface area (Å²) < 4.78 is 1.71. The van der Waals surface area contributed by atoms with Gasteiger partial charge in [0.1, 0.15) is 0 Å². The summed E-state index contributed by atoms with van der Waals surface area (Å²) in [6.07, 6.45) is 0.919. The Bertz CT molecular complexity index is 345. The SMILES string of the molecule is Cc1c(CC(C)C)nn(C(C)(C)C)c1O. The summed E-state index contributed by atoms with van der Waals surface area (Å²) in [4.78, 5) is 0. The monoisotopic (exact) mass is 210 g/mol. The Hall–Kier alpha value is -0.990. The van der Waals surface area contributed by atoms with Crippen molar-refractivity contribution in [2.45, 2.75) is 53.5 Å². The quantitative estimate of drug-likeness (QED) is 0.815. The molecule has 0 atom stereocenters. The minimum Gasteiger partial charge on any atom is -0.493 e. The smallest absolute Gasteiger partial charge is 0.213 e. The third-order valence-electron chi connectivity index (χ3n) is 2.43. The van der Waals surface area contributed by atoms with E-state index in [0.29, 0.717) is 11.8 Å². The Kier molecular flexibility index (Phi) is 3.12. The average molecular weight is 210 g/mol. The van der Waals surface area contributed by atoms with Crippen LogP contribution in [0.15, 0.2) is 0 Å². The van der Waals surface area contributed by atoms with Crippen molar-refractivity contribution in [1.82, 2.24) is 9.78 Å². The summed E-state index contributed by atoms with van der Waals surface area (Å²) in [6.45, 7) is 12.4. The molecule has 3 nitrogen and oxygen atoms in total. The third-order valence-corrected chi connectivity index (χ3v) is 2.43. The number of aromatic nitrogens is 2. The molecule has 0 fully saturated rings. The van der Waals surface area contributed by atoms with Crippen molar-refractivity contribution < 1.29 is 5.11 Å². The van der Waals surface area contributed by atoms with Gasteiger partial charge in [0.05, 0.1) is 11.2 Å². The molecule has 1 N–H and O–H groups in total. The molecule has 86 valence electrons. The van der Waals surface area contributed by atoms with E-state index in [0.717, 1.165) is 17.7 Å². The second-order valence-corrected chi connectivity index (χ2v) is 5.58. The molecule has 1 heterocycles. The van der Waals surface area contributed by atoms with Crippen LogP contribution in [-0.4, -0.2) is 14.9 Å². The zero-order valence-electron chi connectivity index (χ0n) is 10.6. The van der Waals surface area contributed by atoms with Crippen LogP contribution in [0.5, 0.6) is 5.88 Å². The van der Waals surface area contributed by atoms with Crippen LogP contribution in [0.2, 0.25) is 0 Å². The van der Waals surface area contributed by atoms with Gasteiger partial charge in [-0.1, -0.05) is 13.8 Å². The lowest BCUT2D eigenvalue weighted by molar-refractivity contribution is 0.292. The summed E-state index contributed by atoms with van der Waals surface area (Å²) >= 11 is 0. The highest BCUT2D eigenvalue weighted by Gasteiger charge is 2.22. The zero-order chi connectivity index (χ0) is 11.8. The highest BCUT2D eigenvalue weighted by molar-refractivity contribution is 5.30. The van der Waals surface area contributed by atoms with Gasteiger partial charge in [-0.25, -0.2) is 4.68 Å². The molecule has 1 aromatic rings. The first-order valence-corrected chi connectivity index (χ1v) is 5.51. The van der Waals surface area contributed by atoms with Crippen LogP contribution in [0.25, 0.3) is 0 Å². The molecule has 0 radical (unpaired) electrons. The molecule has 0 saturated carbocycles. The van der Waals surface area contributed by atoms with Crippen LogP contribution in [0.3, 0.4) is 0 Å². The van der Waals surface area contributed by atoms with Gasteiger partial charge in [0.2, 0.25) is 5.88 Å². The summed E-state index contributed by atoms with van der Waals surface area (Å²) in [5.74, 6) is 0.865. The number of nitrogens with zero attached hydrogens (tertiary/aromatic N) is 2. The van der Waals surface area contributed by atoms with E-state index in [4.69, 9.17) is 0 Å². The van der Waals surface area contributed by atoms with Crippen molar-refractivity contribution >= 4 is 0 Å². The predicted octanol–water partition coefficient (Wildman–Crippen LogP) is 2.85. The number of hydrogen-bond acceptors (Lipinski definition) is 2. The van der Waals surface area contributed by atoms with Gasteiger partial charge in [-0.2, -0.15) is 5.10 Å². The molecule has 0 aliphatic rings. The molecule has 0 saturated heterocycles. The van der Waals surface area contributed by atoms with Gasteiger partial charge in [-0.15, -0.1) is 0 Å². The van der Waals surface area contributed by atoms with Crippen molar-refractivity contribution in [2.24, 2.45) is 5.92 Å². The average Bonchev–Trinajstić information content (AvgIpc) is 2.30. The van der Waals surface area contributed by atoms with Crippen LogP contribution < -0.4 is 0 Å². The molecule has 0 aromatic carbocycles. The van der Waals surface area contributed by atoms with Crippen molar-refractivity contribution in [3.8, 4) is 5.88 Å². The maximum Gasteiger partial charge on any atom is 0.213 e. The van der Waals surface area contributed by atoms with E-state index in [-0.39, 0.29) is 5.54 Å². The molecule has 0 aliphatic heterocycles. The summed E-state index contributed by atoms with van der Waals surface area (Å²) in [6, 6.07) is 0. The van der Waals surface area contributed by atoms with Gasteiger partial charge in [0.15, 0.2) is 0 Å². The molecule has 0 spiro atoms. The normalized spacial score (nSPS) is 12.5. The first-order valence-electron chi connectivity index (χ1n) is 5.51. The van der Waals surface area contributed by atoms with Gasteiger partial charge < -0.3 is 5.11 Å². The summed E-state index contributed by atoms with van der Waals surface area (Å²) in [5, 5.41) is 14.5. The van der Waals surface area contributed by atoms with Crippen molar-refractivity contribution in [1.29, 1.82) is 0 Å². The Balaban J connectivity index is 3.13. The molecule has 3 heteroatoms. The molecule has 1 rings (SSSR count). The fourth-order valence-electron chi connectivity index (χ4n) is 1.58. The van der Waals surface area contributed by atoms with Gasteiger partial charge in [-0.3, -0.25) is 0 Å². The van der Waals surface area contributed by atoms with E-state index >= 15 is 0 Å². The maximum absolute atomic E-state index is 9.97. The fourth-order valence-corrected chi connectivity index (χ4v) is 1.58. The Labute approximate surface area is 92.1 Å². The maximum atomic E-state index is 9.97. The summed E-state index contributed by atoms with van der Waals surface area (Å²) in [7, 11) is 0. The molecule has 0 amide bonds. The molecule has 0 aliphatic carbocycles. The van der Waals surface area contributed by atoms with Crippen molar-refractivity contribution in [3.63, 3.8) is 0 Å². The van der Waals surface area contributed by atoms with Gasteiger partial charge in [0, 0.05) is 5.56 Å². The topological polar surface area (TPSA) is 38.0 Å². The number of rotatable bonds is 2. The Morgan fingerprint density at radius 2 is 1.87 bits per heavy atom. The van der Waals surface area contributed by atoms with Gasteiger partial charge in [0.25, 0.3) is 0 Å². The Morgan fingerprint density at radius 1 is 1.33 bits per heavy atom. The van der Waals surface area contributed by atoms with Crippen LogP contribution >= 0.6 is 0 Å². The van der Waals surface area contributed by atoms with Crippen LogP contribution in [0.1, 0.15) is 45.9 Å². The first-order chi connectivity index (χ1) is 6.73. The largest absolute Gasteiger partial charge is 0.493 e. The number of aromatic hydroxyl groups is 1. The van der Waals surface area contributed by atoms with Crippen LogP contribution in [-0.2, 0) is 12.0 Å². The highest BCUT2D eigenvalue weighted by Crippen LogP contribution is 2.27.